The summed E-state index contributed by atoms with van der Waals surface area (Å²) in [5, 5.41) is 13.9. The third-order valence-electron chi connectivity index (χ3n) is 3.96. The lowest BCUT2D eigenvalue weighted by Gasteiger charge is -2.17. The summed E-state index contributed by atoms with van der Waals surface area (Å²) >= 11 is 0. The lowest BCUT2D eigenvalue weighted by Crippen LogP contribution is -2.18. The molecule has 2 unspecified atom stereocenters. The minimum Gasteiger partial charge on any atom is -0.450 e. The van der Waals surface area contributed by atoms with E-state index in [0.717, 1.165) is 25.7 Å². The van der Waals surface area contributed by atoms with Crippen molar-refractivity contribution in [1.29, 1.82) is 0 Å². The number of rotatable bonds is 12. The van der Waals surface area contributed by atoms with Crippen LogP contribution < -0.4 is 0 Å². The SMILES string of the molecule is CCCCC(CC)COC(=O)OCC(CC)CCCC.O=C(O)O. The minimum atomic E-state index is -1.83. The summed E-state index contributed by atoms with van der Waals surface area (Å²) in [6.07, 6.45) is 6.84. The molecule has 0 saturated carbocycles. The van der Waals surface area contributed by atoms with Gasteiger partial charge < -0.3 is 19.7 Å². The van der Waals surface area contributed by atoms with Crippen molar-refractivity contribution in [3.05, 3.63) is 0 Å². The lowest BCUT2D eigenvalue weighted by molar-refractivity contribution is 0.0316. The number of carbonyl (C=O) groups excluding carboxylic acids is 1. The van der Waals surface area contributed by atoms with Crippen LogP contribution in [0, 0.1) is 11.8 Å². The van der Waals surface area contributed by atoms with Gasteiger partial charge in [-0.05, 0) is 24.7 Å². The molecule has 6 heteroatoms. The van der Waals surface area contributed by atoms with Gasteiger partial charge >= 0.3 is 12.3 Å². The van der Waals surface area contributed by atoms with Crippen LogP contribution in [0.2, 0.25) is 0 Å². The predicted molar refractivity (Wildman–Crippen MR) is 94.6 cm³/mol. The van der Waals surface area contributed by atoms with Gasteiger partial charge in [0.1, 0.15) is 0 Å². The molecule has 0 aliphatic carbocycles. The number of hydrogen-bond acceptors (Lipinski definition) is 4. The molecular weight excluding hydrogens is 312 g/mol. The molecule has 2 N–H and O–H groups in total. The molecule has 0 aromatic rings. The van der Waals surface area contributed by atoms with Gasteiger partial charge in [-0.15, -0.1) is 0 Å². The van der Waals surface area contributed by atoms with Crippen LogP contribution in [0.4, 0.5) is 9.59 Å². The fourth-order valence-corrected chi connectivity index (χ4v) is 2.21. The van der Waals surface area contributed by atoms with Crippen LogP contribution in [0.3, 0.4) is 0 Å². The van der Waals surface area contributed by atoms with Gasteiger partial charge in [-0.3, -0.25) is 0 Å². The van der Waals surface area contributed by atoms with E-state index in [-0.39, 0.29) is 0 Å². The van der Waals surface area contributed by atoms with Gasteiger partial charge in [0.2, 0.25) is 0 Å². The van der Waals surface area contributed by atoms with Crippen LogP contribution >= 0.6 is 0 Å². The van der Waals surface area contributed by atoms with Crippen LogP contribution in [-0.2, 0) is 9.47 Å². The van der Waals surface area contributed by atoms with Crippen LogP contribution in [0.15, 0.2) is 0 Å². The number of hydrogen-bond donors (Lipinski definition) is 2. The quantitative estimate of drug-likeness (QED) is 0.433. The molecular formula is C18H36O6. The first-order valence-corrected chi connectivity index (χ1v) is 9.12. The Bertz CT molecular complexity index is 280. The molecule has 2 atom stereocenters. The number of carbonyl (C=O) groups is 2. The molecule has 0 aromatic heterocycles. The molecule has 144 valence electrons. The number of unbranched alkanes of at least 4 members (excludes halogenated alkanes) is 2. The van der Waals surface area contributed by atoms with E-state index in [9.17, 15) is 4.79 Å². The Morgan fingerprint density at radius 3 is 1.38 bits per heavy atom. The van der Waals surface area contributed by atoms with E-state index >= 15 is 0 Å². The summed E-state index contributed by atoms with van der Waals surface area (Å²) in [5.74, 6) is 0.953. The summed E-state index contributed by atoms with van der Waals surface area (Å²) in [7, 11) is 0. The van der Waals surface area contributed by atoms with Gasteiger partial charge in [0.15, 0.2) is 0 Å². The molecule has 0 amide bonds. The van der Waals surface area contributed by atoms with E-state index in [1.807, 2.05) is 0 Å². The van der Waals surface area contributed by atoms with Gasteiger partial charge in [0.25, 0.3) is 0 Å². The third-order valence-corrected chi connectivity index (χ3v) is 3.96. The molecule has 0 aliphatic rings. The molecule has 0 saturated heterocycles. The summed E-state index contributed by atoms with van der Waals surface area (Å²) in [4.78, 5) is 20.1. The molecule has 0 fully saturated rings. The summed E-state index contributed by atoms with van der Waals surface area (Å²) in [5.41, 5.74) is 0. The van der Waals surface area contributed by atoms with E-state index < -0.39 is 12.3 Å². The second-order valence-electron chi connectivity index (χ2n) is 5.99. The highest BCUT2D eigenvalue weighted by Gasteiger charge is 2.13. The largest absolute Gasteiger partial charge is 0.508 e. The summed E-state index contributed by atoms with van der Waals surface area (Å²) < 4.78 is 10.5. The second kappa shape index (κ2) is 17.9. The molecule has 24 heavy (non-hydrogen) atoms. The standard InChI is InChI=1S/C17H34O3.CH2O3/c1-5-9-11-15(7-3)13-19-17(18)20-14-16(8-4)12-10-6-2;2-1(3)4/h15-16H,5-14H2,1-4H3;(H2,2,3,4). The molecule has 0 aromatic carbocycles. The highest BCUT2D eigenvalue weighted by Crippen LogP contribution is 2.15. The number of carboxylic acid groups (broad SMARTS) is 2. The molecule has 6 nitrogen and oxygen atoms in total. The van der Waals surface area contributed by atoms with Crippen molar-refractivity contribution in [3.63, 3.8) is 0 Å². The van der Waals surface area contributed by atoms with Gasteiger partial charge in [-0.25, -0.2) is 9.59 Å². The molecule has 0 rings (SSSR count). The monoisotopic (exact) mass is 348 g/mol. The number of ether oxygens (including phenoxy) is 2. The van der Waals surface area contributed by atoms with Crippen molar-refractivity contribution in [1.82, 2.24) is 0 Å². The zero-order valence-corrected chi connectivity index (χ0v) is 15.8. The zero-order chi connectivity index (χ0) is 18.8. The summed E-state index contributed by atoms with van der Waals surface area (Å²) in [6, 6.07) is 0. The Morgan fingerprint density at radius 1 is 0.792 bits per heavy atom. The van der Waals surface area contributed by atoms with E-state index in [1.165, 1.54) is 25.7 Å². The average molecular weight is 348 g/mol. The smallest absolute Gasteiger partial charge is 0.450 e. The van der Waals surface area contributed by atoms with E-state index in [1.54, 1.807) is 0 Å². The molecule has 0 bridgehead atoms. The summed E-state index contributed by atoms with van der Waals surface area (Å²) in [6.45, 7) is 9.66. The maximum Gasteiger partial charge on any atom is 0.508 e. The second-order valence-corrected chi connectivity index (χ2v) is 5.99. The van der Waals surface area contributed by atoms with Crippen LogP contribution in [0.5, 0.6) is 0 Å². The Labute approximate surface area is 146 Å². The minimum absolute atomic E-state index is 0.476. The van der Waals surface area contributed by atoms with Crippen molar-refractivity contribution in [3.8, 4) is 0 Å². The molecule has 0 heterocycles. The molecule has 0 spiro atoms. The lowest BCUT2D eigenvalue weighted by atomic mass is 10.0. The average Bonchev–Trinajstić information content (AvgIpc) is 2.54. The van der Waals surface area contributed by atoms with Crippen molar-refractivity contribution in [2.75, 3.05) is 13.2 Å². The predicted octanol–water partition coefficient (Wildman–Crippen LogP) is 5.79. The molecule has 0 aliphatic heterocycles. The van der Waals surface area contributed by atoms with Crippen LogP contribution in [0.1, 0.15) is 79.1 Å². The van der Waals surface area contributed by atoms with Gasteiger partial charge in [-0.1, -0.05) is 66.2 Å². The maximum absolute atomic E-state index is 11.6. The van der Waals surface area contributed by atoms with Gasteiger partial charge in [-0.2, -0.15) is 0 Å². The van der Waals surface area contributed by atoms with Crippen molar-refractivity contribution in [2.24, 2.45) is 11.8 Å². The molecule has 0 radical (unpaired) electrons. The maximum atomic E-state index is 11.6. The Kier molecular flexibility index (Phi) is 18.5. The van der Waals surface area contributed by atoms with Crippen molar-refractivity contribution >= 4 is 12.3 Å². The first-order chi connectivity index (χ1) is 11.4. The Balaban J connectivity index is 0. The highest BCUT2D eigenvalue weighted by atomic mass is 16.7. The van der Waals surface area contributed by atoms with Crippen molar-refractivity contribution in [2.45, 2.75) is 79.1 Å². The van der Waals surface area contributed by atoms with Gasteiger partial charge in [0, 0.05) is 0 Å². The topological polar surface area (TPSA) is 93.1 Å². The first-order valence-electron chi connectivity index (χ1n) is 9.12. The fourth-order valence-electron chi connectivity index (χ4n) is 2.21. The zero-order valence-electron chi connectivity index (χ0n) is 15.8. The van der Waals surface area contributed by atoms with E-state index in [4.69, 9.17) is 24.5 Å². The van der Waals surface area contributed by atoms with E-state index in [0.29, 0.717) is 25.0 Å². The highest BCUT2D eigenvalue weighted by molar-refractivity contribution is 5.59. The third kappa shape index (κ3) is 18.6. The Hall–Kier alpha value is -1.46. The van der Waals surface area contributed by atoms with Crippen LogP contribution in [-0.4, -0.2) is 35.7 Å². The Morgan fingerprint density at radius 2 is 1.12 bits per heavy atom. The normalized spacial score (nSPS) is 12.5. The van der Waals surface area contributed by atoms with Gasteiger partial charge in [0.05, 0.1) is 13.2 Å². The first kappa shape index (κ1) is 24.8. The fraction of sp³-hybridized carbons (Fsp3) is 0.889. The van der Waals surface area contributed by atoms with E-state index in [2.05, 4.69) is 27.7 Å². The van der Waals surface area contributed by atoms with Crippen LogP contribution in [0.25, 0.3) is 0 Å². The van der Waals surface area contributed by atoms with Crippen molar-refractivity contribution < 1.29 is 29.3 Å².